The van der Waals surface area contributed by atoms with Crippen LogP contribution in [-0.4, -0.2) is 27.7 Å². The van der Waals surface area contributed by atoms with E-state index in [1.165, 1.54) is 12.5 Å². The van der Waals surface area contributed by atoms with Gasteiger partial charge >= 0.3 is 5.97 Å². The van der Waals surface area contributed by atoms with Crippen LogP contribution in [0.25, 0.3) is 5.69 Å². The van der Waals surface area contributed by atoms with E-state index in [1.807, 2.05) is 18.2 Å². The van der Waals surface area contributed by atoms with E-state index in [1.54, 1.807) is 17.7 Å². The standard InChI is InChI=1S/C11H10N2O3/c1-16-9-4-2-3-8(5-9)13-6-10(11(14)15)12-7-13/h2-7H,1H3,(H,14,15). The molecule has 0 amide bonds. The lowest BCUT2D eigenvalue weighted by molar-refractivity contribution is 0.0691. The average molecular weight is 218 g/mol. The van der Waals surface area contributed by atoms with Gasteiger partial charge in [0.1, 0.15) is 12.1 Å². The lowest BCUT2D eigenvalue weighted by Crippen LogP contribution is -1.96. The fraction of sp³-hybridized carbons (Fsp3) is 0.0909. The van der Waals surface area contributed by atoms with Crippen LogP contribution in [0, 0.1) is 0 Å². The summed E-state index contributed by atoms with van der Waals surface area (Å²) in [5.74, 6) is -0.329. The number of nitrogens with zero attached hydrogens (tertiary/aromatic N) is 2. The number of hydrogen-bond donors (Lipinski definition) is 1. The highest BCUT2D eigenvalue weighted by atomic mass is 16.5. The van der Waals surface area contributed by atoms with Gasteiger partial charge in [-0.3, -0.25) is 0 Å². The SMILES string of the molecule is COc1cccc(-n2cnc(C(=O)O)c2)c1. The molecule has 5 heteroatoms. The number of aromatic nitrogens is 2. The number of aromatic carboxylic acids is 1. The number of methoxy groups -OCH3 is 1. The number of carboxylic acids is 1. The van der Waals surface area contributed by atoms with Crippen molar-refractivity contribution in [1.29, 1.82) is 0 Å². The first-order valence-electron chi connectivity index (χ1n) is 4.62. The minimum absolute atomic E-state index is 0.0165. The largest absolute Gasteiger partial charge is 0.497 e. The molecule has 0 atom stereocenters. The van der Waals surface area contributed by atoms with Crippen molar-refractivity contribution in [3.8, 4) is 11.4 Å². The molecule has 1 N–H and O–H groups in total. The van der Waals surface area contributed by atoms with Gasteiger partial charge in [-0.25, -0.2) is 9.78 Å². The van der Waals surface area contributed by atoms with Gasteiger partial charge in [0.05, 0.1) is 12.8 Å². The maximum absolute atomic E-state index is 10.7. The second-order valence-electron chi connectivity index (χ2n) is 3.17. The molecule has 1 aromatic carbocycles. The molecule has 2 rings (SSSR count). The van der Waals surface area contributed by atoms with Crippen molar-refractivity contribution in [3.05, 3.63) is 42.5 Å². The summed E-state index contributed by atoms with van der Waals surface area (Å²) in [6.45, 7) is 0. The number of carboxylic acid groups (broad SMARTS) is 1. The third kappa shape index (κ3) is 1.88. The van der Waals surface area contributed by atoms with Crippen molar-refractivity contribution in [3.63, 3.8) is 0 Å². The Kier molecular flexibility index (Phi) is 2.59. The second-order valence-corrected chi connectivity index (χ2v) is 3.17. The number of ether oxygens (including phenoxy) is 1. The van der Waals surface area contributed by atoms with Crippen LogP contribution in [0.4, 0.5) is 0 Å². The molecule has 1 aromatic heterocycles. The highest BCUT2D eigenvalue weighted by Crippen LogP contribution is 2.16. The molecule has 0 unspecified atom stereocenters. The van der Waals surface area contributed by atoms with E-state index in [2.05, 4.69) is 4.98 Å². The predicted molar refractivity (Wildman–Crippen MR) is 57.1 cm³/mol. The number of rotatable bonds is 3. The Morgan fingerprint density at radius 2 is 2.31 bits per heavy atom. The van der Waals surface area contributed by atoms with Crippen molar-refractivity contribution < 1.29 is 14.6 Å². The van der Waals surface area contributed by atoms with Crippen LogP contribution in [0.3, 0.4) is 0 Å². The van der Waals surface area contributed by atoms with E-state index >= 15 is 0 Å². The van der Waals surface area contributed by atoms with Crippen molar-refractivity contribution in [2.24, 2.45) is 0 Å². The van der Waals surface area contributed by atoms with E-state index in [4.69, 9.17) is 9.84 Å². The summed E-state index contributed by atoms with van der Waals surface area (Å²) in [6, 6.07) is 7.29. The summed E-state index contributed by atoms with van der Waals surface area (Å²) < 4.78 is 6.71. The topological polar surface area (TPSA) is 64.4 Å². The molecule has 0 aliphatic rings. The lowest BCUT2D eigenvalue weighted by Gasteiger charge is -2.04. The molecule has 0 aliphatic carbocycles. The zero-order valence-corrected chi connectivity index (χ0v) is 8.62. The third-order valence-electron chi connectivity index (χ3n) is 2.15. The van der Waals surface area contributed by atoms with Crippen molar-refractivity contribution in [1.82, 2.24) is 9.55 Å². The van der Waals surface area contributed by atoms with Gasteiger partial charge in [-0.2, -0.15) is 0 Å². The van der Waals surface area contributed by atoms with Gasteiger partial charge in [0, 0.05) is 12.3 Å². The highest BCUT2D eigenvalue weighted by Gasteiger charge is 2.07. The molecular formula is C11H10N2O3. The maximum atomic E-state index is 10.7. The molecule has 0 saturated carbocycles. The first-order chi connectivity index (χ1) is 7.70. The van der Waals surface area contributed by atoms with Crippen LogP contribution in [0.1, 0.15) is 10.5 Å². The van der Waals surface area contributed by atoms with Crippen molar-refractivity contribution >= 4 is 5.97 Å². The summed E-state index contributed by atoms with van der Waals surface area (Å²) in [7, 11) is 1.58. The molecule has 2 aromatic rings. The molecule has 16 heavy (non-hydrogen) atoms. The van der Waals surface area contributed by atoms with Gasteiger partial charge in [0.2, 0.25) is 0 Å². The van der Waals surface area contributed by atoms with E-state index < -0.39 is 5.97 Å². The maximum Gasteiger partial charge on any atom is 0.356 e. The number of imidazole rings is 1. The minimum atomic E-state index is -1.04. The van der Waals surface area contributed by atoms with Gasteiger partial charge < -0.3 is 14.4 Å². The molecule has 0 aliphatic heterocycles. The molecule has 0 saturated heterocycles. The Labute approximate surface area is 91.9 Å². The number of benzene rings is 1. The molecular weight excluding hydrogens is 208 g/mol. The normalized spacial score (nSPS) is 10.1. The summed E-state index contributed by atoms with van der Waals surface area (Å²) in [6.07, 6.45) is 2.91. The predicted octanol–water partition coefficient (Wildman–Crippen LogP) is 1.58. The van der Waals surface area contributed by atoms with Crippen molar-refractivity contribution in [2.45, 2.75) is 0 Å². The average Bonchev–Trinajstić information content (AvgIpc) is 2.78. The van der Waals surface area contributed by atoms with Gasteiger partial charge in [-0.15, -0.1) is 0 Å². The van der Waals surface area contributed by atoms with Gasteiger partial charge in [-0.05, 0) is 12.1 Å². The highest BCUT2D eigenvalue weighted by molar-refractivity contribution is 5.85. The number of carbonyl (C=O) groups is 1. The van der Waals surface area contributed by atoms with Gasteiger partial charge in [0.25, 0.3) is 0 Å². The molecule has 0 bridgehead atoms. The Bertz CT molecular complexity index is 519. The summed E-state index contributed by atoms with van der Waals surface area (Å²) in [5.41, 5.74) is 0.821. The first-order valence-corrected chi connectivity index (χ1v) is 4.62. The summed E-state index contributed by atoms with van der Waals surface area (Å²) in [4.78, 5) is 14.4. The third-order valence-corrected chi connectivity index (χ3v) is 2.15. The second kappa shape index (κ2) is 4.06. The van der Waals surface area contributed by atoms with Gasteiger partial charge in [-0.1, -0.05) is 6.07 Å². The van der Waals surface area contributed by atoms with E-state index in [0.717, 1.165) is 5.69 Å². The molecule has 0 spiro atoms. The smallest absolute Gasteiger partial charge is 0.356 e. The zero-order valence-electron chi connectivity index (χ0n) is 8.62. The Morgan fingerprint density at radius 1 is 1.50 bits per heavy atom. The van der Waals surface area contributed by atoms with Crippen LogP contribution >= 0.6 is 0 Å². The van der Waals surface area contributed by atoms with E-state index in [0.29, 0.717) is 5.75 Å². The monoisotopic (exact) mass is 218 g/mol. The van der Waals surface area contributed by atoms with E-state index in [9.17, 15) is 4.79 Å². The Hall–Kier alpha value is -2.30. The number of hydrogen-bond acceptors (Lipinski definition) is 3. The fourth-order valence-electron chi connectivity index (χ4n) is 1.35. The van der Waals surface area contributed by atoms with Crippen LogP contribution in [0.2, 0.25) is 0 Å². The molecule has 82 valence electrons. The van der Waals surface area contributed by atoms with E-state index in [-0.39, 0.29) is 5.69 Å². The molecule has 0 fully saturated rings. The molecule has 1 heterocycles. The molecule has 0 radical (unpaired) electrons. The van der Waals surface area contributed by atoms with Crippen molar-refractivity contribution in [2.75, 3.05) is 7.11 Å². The van der Waals surface area contributed by atoms with Crippen LogP contribution < -0.4 is 4.74 Å². The van der Waals surface area contributed by atoms with Crippen LogP contribution in [0.15, 0.2) is 36.8 Å². The van der Waals surface area contributed by atoms with Crippen LogP contribution in [-0.2, 0) is 0 Å². The zero-order chi connectivity index (χ0) is 11.5. The van der Waals surface area contributed by atoms with Crippen LogP contribution in [0.5, 0.6) is 5.75 Å². The Balaban J connectivity index is 2.38. The minimum Gasteiger partial charge on any atom is -0.497 e. The van der Waals surface area contributed by atoms with Gasteiger partial charge in [0.15, 0.2) is 5.69 Å². The quantitative estimate of drug-likeness (QED) is 0.849. The summed E-state index contributed by atoms with van der Waals surface area (Å²) >= 11 is 0. The Morgan fingerprint density at radius 3 is 2.94 bits per heavy atom. The lowest BCUT2D eigenvalue weighted by atomic mass is 10.3. The summed E-state index contributed by atoms with van der Waals surface area (Å²) in [5, 5.41) is 8.75. The molecule has 5 nitrogen and oxygen atoms in total. The first kappa shape index (κ1) is 10.2. The fourth-order valence-corrected chi connectivity index (χ4v) is 1.35.